The van der Waals surface area contributed by atoms with E-state index in [2.05, 4.69) is 4.98 Å². The zero-order valence-corrected chi connectivity index (χ0v) is 9.03. The fourth-order valence-corrected chi connectivity index (χ4v) is 1.37. The van der Waals surface area contributed by atoms with Gasteiger partial charge >= 0.3 is 0 Å². The average molecular weight is 255 g/mol. The van der Waals surface area contributed by atoms with Crippen LogP contribution in [-0.2, 0) is 6.61 Å². The van der Waals surface area contributed by atoms with Crippen molar-refractivity contribution in [2.75, 3.05) is 0 Å². The fourth-order valence-electron chi connectivity index (χ4n) is 1.37. The summed E-state index contributed by atoms with van der Waals surface area (Å²) in [6.45, 7) is -0.490. The lowest BCUT2D eigenvalue weighted by Gasteiger charge is -2.08. The molecule has 0 aliphatic heterocycles. The molecule has 0 unspecified atom stereocenters. The Hall–Kier alpha value is -2.08. The Balaban J connectivity index is 2.35. The van der Waals surface area contributed by atoms with Crippen LogP contribution in [0.1, 0.15) is 5.56 Å². The van der Waals surface area contributed by atoms with Crippen molar-refractivity contribution in [3.63, 3.8) is 0 Å². The SMILES string of the molecule is OCc1cc(F)c(Oc2cncc(F)c2)c(F)c1. The Kier molecular flexibility index (Phi) is 3.47. The highest BCUT2D eigenvalue weighted by Crippen LogP contribution is 2.28. The molecule has 0 amide bonds. The molecule has 94 valence electrons. The van der Waals surface area contributed by atoms with Crippen LogP contribution in [0.25, 0.3) is 0 Å². The number of halogens is 3. The molecule has 1 aromatic heterocycles. The molecule has 1 heterocycles. The van der Waals surface area contributed by atoms with Crippen LogP contribution in [-0.4, -0.2) is 10.1 Å². The zero-order chi connectivity index (χ0) is 13.1. The minimum Gasteiger partial charge on any atom is -0.449 e. The van der Waals surface area contributed by atoms with Crippen molar-refractivity contribution in [1.29, 1.82) is 0 Å². The molecule has 0 aliphatic rings. The van der Waals surface area contributed by atoms with Gasteiger partial charge in [-0.25, -0.2) is 13.2 Å². The standard InChI is InChI=1S/C12H8F3NO2/c13-8-3-9(5-16-4-8)18-12-10(14)1-7(6-17)2-11(12)15/h1-5,17H,6H2. The quantitative estimate of drug-likeness (QED) is 0.917. The van der Waals surface area contributed by atoms with E-state index in [1.807, 2.05) is 0 Å². The molecule has 0 saturated carbocycles. The highest BCUT2D eigenvalue weighted by Gasteiger charge is 2.14. The predicted octanol–water partition coefficient (Wildman–Crippen LogP) is 2.78. The maximum Gasteiger partial charge on any atom is 0.198 e. The summed E-state index contributed by atoms with van der Waals surface area (Å²) in [5.41, 5.74) is 0.0784. The molecule has 0 aliphatic carbocycles. The van der Waals surface area contributed by atoms with Gasteiger partial charge in [-0.1, -0.05) is 0 Å². The highest BCUT2D eigenvalue weighted by atomic mass is 19.1. The van der Waals surface area contributed by atoms with Crippen LogP contribution in [0.15, 0.2) is 30.6 Å². The van der Waals surface area contributed by atoms with Crippen molar-refractivity contribution in [3.8, 4) is 11.5 Å². The van der Waals surface area contributed by atoms with E-state index in [4.69, 9.17) is 9.84 Å². The van der Waals surface area contributed by atoms with E-state index in [0.29, 0.717) is 0 Å². The molecule has 0 bridgehead atoms. The minimum atomic E-state index is -0.983. The van der Waals surface area contributed by atoms with Gasteiger partial charge in [-0.3, -0.25) is 4.98 Å². The fraction of sp³-hybridized carbons (Fsp3) is 0.0833. The first-order valence-electron chi connectivity index (χ1n) is 4.97. The summed E-state index contributed by atoms with van der Waals surface area (Å²) in [5, 5.41) is 8.77. The van der Waals surface area contributed by atoms with Gasteiger partial charge in [0.1, 0.15) is 11.6 Å². The number of benzene rings is 1. The van der Waals surface area contributed by atoms with Gasteiger partial charge in [0.15, 0.2) is 17.4 Å². The van der Waals surface area contributed by atoms with Crippen LogP contribution in [0.2, 0.25) is 0 Å². The number of aliphatic hydroxyl groups excluding tert-OH is 1. The summed E-state index contributed by atoms with van der Waals surface area (Å²) in [5.74, 6) is -3.43. The molecule has 3 nitrogen and oxygen atoms in total. The average Bonchev–Trinajstić information content (AvgIpc) is 2.33. The van der Waals surface area contributed by atoms with E-state index in [1.54, 1.807) is 0 Å². The molecule has 0 atom stereocenters. The molecule has 2 aromatic rings. The van der Waals surface area contributed by atoms with Gasteiger partial charge in [-0.15, -0.1) is 0 Å². The lowest BCUT2D eigenvalue weighted by molar-refractivity contribution is 0.279. The van der Waals surface area contributed by atoms with Crippen LogP contribution in [0.4, 0.5) is 13.2 Å². The summed E-state index contributed by atoms with van der Waals surface area (Å²) >= 11 is 0. The van der Waals surface area contributed by atoms with E-state index in [9.17, 15) is 13.2 Å². The van der Waals surface area contributed by atoms with Crippen LogP contribution >= 0.6 is 0 Å². The van der Waals surface area contributed by atoms with Gasteiger partial charge in [-0.05, 0) is 17.7 Å². The van der Waals surface area contributed by atoms with Crippen molar-refractivity contribution in [2.24, 2.45) is 0 Å². The molecular formula is C12H8F3NO2. The highest BCUT2D eigenvalue weighted by molar-refractivity contribution is 5.35. The lowest BCUT2D eigenvalue weighted by atomic mass is 10.2. The number of aliphatic hydroxyl groups is 1. The smallest absolute Gasteiger partial charge is 0.198 e. The summed E-state index contributed by atoms with van der Waals surface area (Å²) in [4.78, 5) is 3.49. The maximum atomic E-state index is 13.5. The third-order valence-electron chi connectivity index (χ3n) is 2.14. The van der Waals surface area contributed by atoms with Crippen LogP contribution in [0.5, 0.6) is 11.5 Å². The van der Waals surface area contributed by atoms with Crippen molar-refractivity contribution >= 4 is 0 Å². The second kappa shape index (κ2) is 5.05. The molecule has 2 rings (SSSR count). The number of rotatable bonds is 3. The molecule has 1 N–H and O–H groups in total. The Morgan fingerprint density at radius 3 is 2.28 bits per heavy atom. The molecular weight excluding hydrogens is 247 g/mol. The topological polar surface area (TPSA) is 42.4 Å². The molecule has 0 saturated heterocycles. The molecule has 0 radical (unpaired) electrons. The number of nitrogens with zero attached hydrogens (tertiary/aromatic N) is 1. The van der Waals surface area contributed by atoms with Gasteiger partial charge in [0, 0.05) is 6.07 Å². The lowest BCUT2D eigenvalue weighted by Crippen LogP contribution is -1.96. The summed E-state index contributed by atoms with van der Waals surface area (Å²) < 4.78 is 44.7. The number of pyridine rings is 1. The van der Waals surface area contributed by atoms with Crippen LogP contribution in [0.3, 0.4) is 0 Å². The summed E-state index contributed by atoms with van der Waals surface area (Å²) in [6.07, 6.45) is 2.07. The molecule has 0 spiro atoms. The van der Waals surface area contributed by atoms with Gasteiger partial charge < -0.3 is 9.84 Å². The monoisotopic (exact) mass is 255 g/mol. The first-order valence-corrected chi connectivity index (χ1v) is 4.97. The minimum absolute atomic E-state index is 0.0784. The van der Waals surface area contributed by atoms with Crippen molar-refractivity contribution < 1.29 is 23.0 Å². The Morgan fingerprint density at radius 2 is 1.72 bits per heavy atom. The number of ether oxygens (including phenoxy) is 1. The number of aromatic nitrogens is 1. The van der Waals surface area contributed by atoms with Crippen LogP contribution < -0.4 is 4.74 Å². The molecule has 1 aromatic carbocycles. The Labute approximate surface area is 100 Å². The third-order valence-corrected chi connectivity index (χ3v) is 2.14. The van der Waals surface area contributed by atoms with Crippen molar-refractivity contribution in [3.05, 3.63) is 53.6 Å². The maximum absolute atomic E-state index is 13.5. The van der Waals surface area contributed by atoms with Crippen molar-refractivity contribution in [2.45, 2.75) is 6.61 Å². The van der Waals surface area contributed by atoms with Gasteiger partial charge in [0.05, 0.1) is 19.0 Å². The predicted molar refractivity (Wildman–Crippen MR) is 56.5 cm³/mol. The van der Waals surface area contributed by atoms with Gasteiger partial charge in [-0.2, -0.15) is 0 Å². The zero-order valence-electron chi connectivity index (χ0n) is 9.03. The largest absolute Gasteiger partial charge is 0.449 e. The van der Waals surface area contributed by atoms with Gasteiger partial charge in [0.2, 0.25) is 0 Å². The number of hydrogen-bond donors (Lipinski definition) is 1. The molecule has 6 heteroatoms. The molecule has 0 fully saturated rings. The number of hydrogen-bond acceptors (Lipinski definition) is 3. The van der Waals surface area contributed by atoms with Crippen LogP contribution in [0, 0.1) is 17.5 Å². The Bertz CT molecular complexity index is 552. The summed E-state index contributed by atoms with van der Waals surface area (Å²) in [6, 6.07) is 2.82. The van der Waals surface area contributed by atoms with E-state index >= 15 is 0 Å². The normalized spacial score (nSPS) is 10.4. The second-order valence-corrected chi connectivity index (χ2v) is 3.49. The summed E-state index contributed by atoms with van der Waals surface area (Å²) in [7, 11) is 0. The first kappa shape index (κ1) is 12.4. The Morgan fingerprint density at radius 1 is 1.06 bits per heavy atom. The van der Waals surface area contributed by atoms with Gasteiger partial charge in [0.25, 0.3) is 0 Å². The van der Waals surface area contributed by atoms with Crippen molar-refractivity contribution in [1.82, 2.24) is 4.98 Å². The first-order chi connectivity index (χ1) is 8.60. The van der Waals surface area contributed by atoms with E-state index < -0.39 is 29.8 Å². The second-order valence-electron chi connectivity index (χ2n) is 3.49. The van der Waals surface area contributed by atoms with E-state index in [0.717, 1.165) is 30.6 Å². The molecule has 18 heavy (non-hydrogen) atoms. The van der Waals surface area contributed by atoms with E-state index in [1.165, 1.54) is 0 Å². The van der Waals surface area contributed by atoms with E-state index in [-0.39, 0.29) is 11.3 Å². The third kappa shape index (κ3) is 2.60.